The topological polar surface area (TPSA) is 23.6 Å². The molecule has 15 heavy (non-hydrogen) atoms. The minimum atomic E-state index is 0.191. The average Bonchev–Trinajstić information content (AvgIpc) is 2.23. The summed E-state index contributed by atoms with van der Waals surface area (Å²) in [5.74, 6) is 0.191. The maximum atomic E-state index is 11.4. The van der Waals surface area contributed by atoms with Crippen molar-refractivity contribution in [3.05, 3.63) is 0 Å². The van der Waals surface area contributed by atoms with E-state index in [9.17, 15) is 4.79 Å². The molecule has 0 aromatic heterocycles. The van der Waals surface area contributed by atoms with E-state index in [1.54, 1.807) is 6.92 Å². The molecular weight excluding hydrogens is 188 g/mol. The lowest BCUT2D eigenvalue weighted by Gasteiger charge is -2.30. The van der Waals surface area contributed by atoms with Crippen molar-refractivity contribution < 1.29 is 4.79 Å². The van der Waals surface area contributed by atoms with Crippen LogP contribution in [0.25, 0.3) is 0 Å². The molecular formula is C12H26N2O. The molecule has 0 saturated carbocycles. The molecule has 1 unspecified atom stereocenters. The van der Waals surface area contributed by atoms with Gasteiger partial charge in [-0.25, -0.2) is 0 Å². The lowest BCUT2D eigenvalue weighted by molar-refractivity contribution is -0.131. The van der Waals surface area contributed by atoms with E-state index in [1.807, 2.05) is 4.90 Å². The first-order valence-corrected chi connectivity index (χ1v) is 6.06. The Hall–Kier alpha value is -0.570. The first kappa shape index (κ1) is 14.4. The van der Waals surface area contributed by atoms with Crippen LogP contribution >= 0.6 is 0 Å². The second-order valence-electron chi connectivity index (χ2n) is 4.00. The SMILES string of the molecule is CCC(C)N(CCN(CC)CC)C(C)=O. The van der Waals surface area contributed by atoms with Gasteiger partial charge < -0.3 is 9.80 Å². The lowest BCUT2D eigenvalue weighted by Crippen LogP contribution is -2.42. The Morgan fingerprint density at radius 2 is 1.67 bits per heavy atom. The van der Waals surface area contributed by atoms with Crippen LogP contribution in [0.3, 0.4) is 0 Å². The van der Waals surface area contributed by atoms with Gasteiger partial charge in [0.15, 0.2) is 0 Å². The molecule has 0 spiro atoms. The number of likely N-dealkylation sites (N-methyl/N-ethyl adjacent to an activating group) is 1. The smallest absolute Gasteiger partial charge is 0.219 e. The molecule has 0 bridgehead atoms. The molecule has 0 aliphatic rings. The van der Waals surface area contributed by atoms with Gasteiger partial charge >= 0.3 is 0 Å². The van der Waals surface area contributed by atoms with E-state index in [1.165, 1.54) is 0 Å². The summed E-state index contributed by atoms with van der Waals surface area (Å²) in [6.07, 6.45) is 1.03. The Labute approximate surface area is 94.4 Å². The van der Waals surface area contributed by atoms with Crippen LogP contribution < -0.4 is 0 Å². The normalized spacial score (nSPS) is 12.9. The summed E-state index contributed by atoms with van der Waals surface area (Å²) in [5, 5.41) is 0. The van der Waals surface area contributed by atoms with Crippen LogP contribution in [0.5, 0.6) is 0 Å². The molecule has 3 heteroatoms. The molecule has 1 amide bonds. The van der Waals surface area contributed by atoms with Crippen LogP contribution in [0.4, 0.5) is 0 Å². The highest BCUT2D eigenvalue weighted by Gasteiger charge is 2.15. The Morgan fingerprint density at radius 1 is 1.13 bits per heavy atom. The van der Waals surface area contributed by atoms with Crippen LogP contribution in [0.2, 0.25) is 0 Å². The van der Waals surface area contributed by atoms with Gasteiger partial charge in [-0.15, -0.1) is 0 Å². The van der Waals surface area contributed by atoms with E-state index in [0.717, 1.165) is 32.6 Å². The highest BCUT2D eigenvalue weighted by atomic mass is 16.2. The zero-order valence-corrected chi connectivity index (χ0v) is 10.9. The third-order valence-corrected chi connectivity index (χ3v) is 3.08. The lowest BCUT2D eigenvalue weighted by atomic mass is 10.2. The standard InChI is InChI=1S/C12H26N2O/c1-6-11(4)14(12(5)15)10-9-13(7-2)8-3/h11H,6-10H2,1-5H3. The van der Waals surface area contributed by atoms with Gasteiger partial charge in [0.2, 0.25) is 5.91 Å². The number of nitrogens with zero attached hydrogens (tertiary/aromatic N) is 2. The fraction of sp³-hybridized carbons (Fsp3) is 0.917. The van der Waals surface area contributed by atoms with Crippen LogP contribution in [0.15, 0.2) is 0 Å². The van der Waals surface area contributed by atoms with E-state index >= 15 is 0 Å². The molecule has 0 saturated heterocycles. The first-order valence-electron chi connectivity index (χ1n) is 6.06. The fourth-order valence-corrected chi connectivity index (χ4v) is 1.70. The quantitative estimate of drug-likeness (QED) is 0.647. The molecule has 0 aromatic rings. The summed E-state index contributed by atoms with van der Waals surface area (Å²) in [5.41, 5.74) is 0. The molecule has 0 N–H and O–H groups in total. The van der Waals surface area contributed by atoms with E-state index < -0.39 is 0 Å². The minimum Gasteiger partial charge on any atom is -0.339 e. The van der Waals surface area contributed by atoms with Crippen molar-refractivity contribution in [3.8, 4) is 0 Å². The summed E-state index contributed by atoms with van der Waals surface area (Å²) >= 11 is 0. The molecule has 1 atom stereocenters. The minimum absolute atomic E-state index is 0.191. The second kappa shape index (κ2) is 7.69. The third kappa shape index (κ3) is 5.17. The summed E-state index contributed by atoms with van der Waals surface area (Å²) in [7, 11) is 0. The van der Waals surface area contributed by atoms with Crippen LogP contribution in [-0.2, 0) is 4.79 Å². The van der Waals surface area contributed by atoms with Gasteiger partial charge in [0.25, 0.3) is 0 Å². The predicted molar refractivity (Wildman–Crippen MR) is 64.9 cm³/mol. The average molecular weight is 214 g/mol. The molecule has 0 radical (unpaired) electrons. The first-order chi connectivity index (χ1) is 7.06. The van der Waals surface area contributed by atoms with Gasteiger partial charge in [0.05, 0.1) is 0 Å². The van der Waals surface area contributed by atoms with Crippen molar-refractivity contribution >= 4 is 5.91 Å². The van der Waals surface area contributed by atoms with Crippen molar-refractivity contribution in [1.82, 2.24) is 9.80 Å². The number of amides is 1. The summed E-state index contributed by atoms with van der Waals surface area (Å²) < 4.78 is 0. The maximum absolute atomic E-state index is 11.4. The van der Waals surface area contributed by atoms with Crippen LogP contribution in [0, 0.1) is 0 Å². The number of carbonyl (C=O) groups is 1. The molecule has 0 aromatic carbocycles. The summed E-state index contributed by atoms with van der Waals surface area (Å²) in [4.78, 5) is 15.8. The number of hydrogen-bond acceptors (Lipinski definition) is 2. The third-order valence-electron chi connectivity index (χ3n) is 3.08. The Kier molecular flexibility index (Phi) is 7.39. The monoisotopic (exact) mass is 214 g/mol. The van der Waals surface area contributed by atoms with Crippen molar-refractivity contribution in [2.45, 2.75) is 47.1 Å². The van der Waals surface area contributed by atoms with Gasteiger partial charge in [-0.05, 0) is 26.4 Å². The largest absolute Gasteiger partial charge is 0.339 e. The number of carbonyl (C=O) groups excluding carboxylic acids is 1. The van der Waals surface area contributed by atoms with E-state index in [2.05, 4.69) is 32.6 Å². The molecule has 3 nitrogen and oxygen atoms in total. The summed E-state index contributed by atoms with van der Waals surface area (Å²) in [6, 6.07) is 0.359. The Bertz CT molecular complexity index is 178. The van der Waals surface area contributed by atoms with Gasteiger partial charge in [0.1, 0.15) is 0 Å². The molecule has 0 aliphatic carbocycles. The van der Waals surface area contributed by atoms with Crippen molar-refractivity contribution in [2.75, 3.05) is 26.2 Å². The Balaban J connectivity index is 4.12. The zero-order valence-electron chi connectivity index (χ0n) is 10.9. The highest BCUT2D eigenvalue weighted by molar-refractivity contribution is 5.73. The van der Waals surface area contributed by atoms with Crippen molar-refractivity contribution in [2.24, 2.45) is 0 Å². The number of rotatable bonds is 7. The molecule has 90 valence electrons. The number of hydrogen-bond donors (Lipinski definition) is 0. The second-order valence-corrected chi connectivity index (χ2v) is 4.00. The summed E-state index contributed by atoms with van der Waals surface area (Å²) in [6.45, 7) is 14.2. The van der Waals surface area contributed by atoms with E-state index in [-0.39, 0.29) is 5.91 Å². The predicted octanol–water partition coefficient (Wildman–Crippen LogP) is 1.98. The van der Waals surface area contributed by atoms with E-state index in [4.69, 9.17) is 0 Å². The van der Waals surface area contributed by atoms with Crippen LogP contribution in [-0.4, -0.2) is 47.9 Å². The van der Waals surface area contributed by atoms with Gasteiger partial charge in [-0.1, -0.05) is 20.8 Å². The van der Waals surface area contributed by atoms with Gasteiger partial charge in [-0.3, -0.25) is 4.79 Å². The maximum Gasteiger partial charge on any atom is 0.219 e. The molecule has 0 aliphatic heterocycles. The van der Waals surface area contributed by atoms with Crippen molar-refractivity contribution in [3.63, 3.8) is 0 Å². The van der Waals surface area contributed by atoms with Crippen LogP contribution in [0.1, 0.15) is 41.0 Å². The highest BCUT2D eigenvalue weighted by Crippen LogP contribution is 2.04. The molecule has 0 heterocycles. The fourth-order valence-electron chi connectivity index (χ4n) is 1.70. The molecule has 0 rings (SSSR count). The van der Waals surface area contributed by atoms with Gasteiger partial charge in [0, 0.05) is 26.1 Å². The van der Waals surface area contributed by atoms with E-state index in [0.29, 0.717) is 6.04 Å². The zero-order chi connectivity index (χ0) is 11.8. The van der Waals surface area contributed by atoms with Crippen molar-refractivity contribution in [1.29, 1.82) is 0 Å². The Morgan fingerprint density at radius 3 is 2.00 bits per heavy atom. The molecule has 0 fully saturated rings. The van der Waals surface area contributed by atoms with Gasteiger partial charge in [-0.2, -0.15) is 0 Å².